The first-order valence-corrected chi connectivity index (χ1v) is 11.6. The molecule has 3 aromatic carbocycles. The Kier molecular flexibility index (Phi) is 7.32. The van der Waals surface area contributed by atoms with Crippen molar-refractivity contribution in [2.24, 2.45) is 4.99 Å². The zero-order valence-corrected chi connectivity index (χ0v) is 20.1. The average Bonchev–Trinajstić information content (AvgIpc) is 3.10. The van der Waals surface area contributed by atoms with Crippen LogP contribution in [0.4, 0.5) is 11.4 Å². The third-order valence-electron chi connectivity index (χ3n) is 4.51. The summed E-state index contributed by atoms with van der Waals surface area (Å²) in [6.45, 7) is 0.0963. The highest BCUT2D eigenvalue weighted by molar-refractivity contribution is 8.19. The number of benzene rings is 3. The van der Waals surface area contributed by atoms with Crippen LogP contribution in [0, 0.1) is 12.3 Å². The number of hydrogen-bond acceptors (Lipinski definition) is 4. The van der Waals surface area contributed by atoms with Crippen molar-refractivity contribution in [1.29, 1.82) is 0 Å². The summed E-state index contributed by atoms with van der Waals surface area (Å²) >= 11 is 19.5. The lowest BCUT2D eigenvalue weighted by Gasteiger charge is -2.15. The lowest BCUT2D eigenvalue weighted by atomic mass is 10.1. The van der Waals surface area contributed by atoms with Crippen LogP contribution >= 0.6 is 46.6 Å². The van der Waals surface area contributed by atoms with Crippen LogP contribution < -0.4 is 9.64 Å². The molecule has 0 atom stereocenters. The molecule has 0 radical (unpaired) electrons. The molecule has 0 N–H and O–H groups in total. The molecule has 0 aromatic heterocycles. The number of nitrogens with zero attached hydrogens (tertiary/aromatic N) is 2. The van der Waals surface area contributed by atoms with Gasteiger partial charge in [0.2, 0.25) is 0 Å². The molecule has 3 aromatic rings. The normalized spacial score (nSPS) is 15.8. The molecule has 1 saturated heterocycles. The zero-order chi connectivity index (χ0) is 23.4. The van der Waals surface area contributed by atoms with Crippen LogP contribution in [0.1, 0.15) is 5.56 Å². The summed E-state index contributed by atoms with van der Waals surface area (Å²) in [5.74, 6) is 2.73. The number of carbonyl (C=O) groups is 1. The quantitative estimate of drug-likeness (QED) is 0.262. The van der Waals surface area contributed by atoms with Crippen LogP contribution in [-0.4, -0.2) is 17.7 Å². The number of anilines is 1. The van der Waals surface area contributed by atoms with Crippen molar-refractivity contribution in [3.63, 3.8) is 0 Å². The van der Waals surface area contributed by atoms with E-state index < -0.39 is 0 Å². The van der Waals surface area contributed by atoms with Gasteiger partial charge in [0.25, 0.3) is 5.91 Å². The molecule has 0 aliphatic carbocycles. The molecule has 1 heterocycles. The molecular formula is C25H15Cl3N2O2S. The molecule has 33 heavy (non-hydrogen) atoms. The number of amides is 1. The summed E-state index contributed by atoms with van der Waals surface area (Å²) in [6, 6.07) is 19.2. The van der Waals surface area contributed by atoms with E-state index in [1.165, 1.54) is 16.7 Å². The maximum absolute atomic E-state index is 13.5. The first-order valence-electron chi connectivity index (χ1n) is 9.64. The van der Waals surface area contributed by atoms with Crippen molar-refractivity contribution in [3.05, 3.63) is 92.3 Å². The van der Waals surface area contributed by atoms with Gasteiger partial charge >= 0.3 is 0 Å². The second-order valence-corrected chi connectivity index (χ2v) is 9.09. The second-order valence-electron chi connectivity index (χ2n) is 6.77. The van der Waals surface area contributed by atoms with E-state index in [1.54, 1.807) is 72.8 Å². The summed E-state index contributed by atoms with van der Waals surface area (Å²) in [5.41, 5.74) is 1.94. The molecule has 0 bridgehead atoms. The molecule has 0 unspecified atom stereocenters. The van der Waals surface area contributed by atoms with Gasteiger partial charge in [-0.05, 0) is 84.6 Å². The van der Waals surface area contributed by atoms with Crippen LogP contribution in [-0.2, 0) is 4.79 Å². The predicted molar refractivity (Wildman–Crippen MR) is 139 cm³/mol. The van der Waals surface area contributed by atoms with E-state index in [-0.39, 0.29) is 12.5 Å². The third kappa shape index (κ3) is 5.55. The van der Waals surface area contributed by atoms with E-state index in [0.717, 1.165) is 0 Å². The molecule has 1 fully saturated rings. The van der Waals surface area contributed by atoms with Gasteiger partial charge in [-0.25, -0.2) is 4.99 Å². The highest BCUT2D eigenvalue weighted by Crippen LogP contribution is 2.39. The summed E-state index contributed by atoms with van der Waals surface area (Å²) in [6.07, 6.45) is 7.04. The second kappa shape index (κ2) is 10.4. The van der Waals surface area contributed by atoms with E-state index in [9.17, 15) is 4.79 Å². The highest BCUT2D eigenvalue weighted by Gasteiger charge is 2.35. The van der Waals surface area contributed by atoms with Crippen molar-refractivity contribution in [2.75, 3.05) is 11.5 Å². The number of ether oxygens (including phenoxy) is 1. The lowest BCUT2D eigenvalue weighted by Crippen LogP contribution is -2.28. The maximum atomic E-state index is 13.5. The number of hydrogen-bond donors (Lipinski definition) is 0. The largest absolute Gasteiger partial charge is 0.480 e. The van der Waals surface area contributed by atoms with Gasteiger partial charge in [0, 0.05) is 20.6 Å². The van der Waals surface area contributed by atoms with Crippen LogP contribution in [0.25, 0.3) is 6.08 Å². The molecule has 1 aliphatic rings. The maximum Gasteiger partial charge on any atom is 0.271 e. The van der Waals surface area contributed by atoms with Gasteiger partial charge in [0.1, 0.15) is 12.4 Å². The molecule has 4 rings (SSSR count). The fourth-order valence-corrected chi connectivity index (χ4v) is 4.44. The fourth-order valence-electron chi connectivity index (χ4n) is 3.02. The topological polar surface area (TPSA) is 41.9 Å². The average molecular weight is 514 g/mol. The molecule has 0 spiro atoms. The summed E-state index contributed by atoms with van der Waals surface area (Å²) < 4.78 is 5.61. The lowest BCUT2D eigenvalue weighted by molar-refractivity contribution is -0.113. The predicted octanol–water partition coefficient (Wildman–Crippen LogP) is 7.47. The van der Waals surface area contributed by atoms with E-state index in [1.807, 2.05) is 0 Å². The van der Waals surface area contributed by atoms with Crippen molar-refractivity contribution in [3.8, 4) is 18.1 Å². The van der Waals surface area contributed by atoms with Crippen LogP contribution in [0.5, 0.6) is 5.75 Å². The molecular weight excluding hydrogens is 499 g/mol. The number of rotatable bonds is 5. The number of aliphatic imine (C=N–C) groups is 1. The van der Waals surface area contributed by atoms with Gasteiger partial charge in [0.15, 0.2) is 5.17 Å². The van der Waals surface area contributed by atoms with Gasteiger partial charge < -0.3 is 4.74 Å². The molecule has 1 aliphatic heterocycles. The summed E-state index contributed by atoms with van der Waals surface area (Å²) in [5, 5.41) is 2.17. The standard InChI is InChI=1S/C25H15Cl3N2O2S/c1-2-13-32-22-12-7-19(28)14-16(22)15-23-24(31)30(21-10-5-18(27)6-11-21)25(33-23)29-20-8-3-17(26)4-9-20/h1,3-12,14-15H,13H2/b23-15-,29-25?. The summed E-state index contributed by atoms with van der Waals surface area (Å²) in [4.78, 5) is 20.1. The Balaban J connectivity index is 1.78. The zero-order valence-electron chi connectivity index (χ0n) is 17.0. The van der Waals surface area contributed by atoms with Crippen LogP contribution in [0.15, 0.2) is 76.6 Å². The number of thioether (sulfide) groups is 1. The van der Waals surface area contributed by atoms with Gasteiger partial charge in [-0.15, -0.1) is 6.42 Å². The Morgan fingerprint density at radius 2 is 1.61 bits per heavy atom. The highest BCUT2D eigenvalue weighted by atomic mass is 35.5. The third-order valence-corrected chi connectivity index (χ3v) is 6.22. The van der Waals surface area contributed by atoms with Gasteiger partial charge in [-0.3, -0.25) is 9.69 Å². The Bertz CT molecular complexity index is 1300. The Morgan fingerprint density at radius 3 is 2.27 bits per heavy atom. The minimum Gasteiger partial charge on any atom is -0.480 e. The monoisotopic (exact) mass is 512 g/mol. The van der Waals surface area contributed by atoms with Gasteiger partial charge in [0.05, 0.1) is 16.3 Å². The Morgan fingerprint density at radius 1 is 0.970 bits per heavy atom. The van der Waals surface area contributed by atoms with Crippen molar-refractivity contribution in [2.45, 2.75) is 0 Å². The number of carbonyl (C=O) groups excluding carboxylic acids is 1. The van der Waals surface area contributed by atoms with Gasteiger partial charge in [-0.2, -0.15) is 0 Å². The first kappa shape index (κ1) is 23.3. The molecule has 8 heteroatoms. The van der Waals surface area contributed by atoms with E-state index in [2.05, 4.69) is 10.9 Å². The van der Waals surface area contributed by atoms with Crippen LogP contribution in [0.3, 0.4) is 0 Å². The SMILES string of the molecule is C#CCOc1ccc(Cl)cc1/C=C1\SC(=Nc2ccc(Cl)cc2)N(c2ccc(Cl)cc2)C1=O. The number of halogens is 3. The summed E-state index contributed by atoms with van der Waals surface area (Å²) in [7, 11) is 0. The number of amidine groups is 1. The minimum atomic E-state index is -0.238. The van der Waals surface area contributed by atoms with Crippen LogP contribution in [0.2, 0.25) is 15.1 Å². The van der Waals surface area contributed by atoms with E-state index in [4.69, 9.17) is 46.0 Å². The Hall–Kier alpha value is -2.88. The Labute approximate surface area is 210 Å². The smallest absolute Gasteiger partial charge is 0.271 e. The molecule has 4 nitrogen and oxygen atoms in total. The molecule has 164 valence electrons. The van der Waals surface area contributed by atoms with E-state index in [0.29, 0.717) is 47.8 Å². The fraction of sp³-hybridized carbons (Fsp3) is 0.0400. The van der Waals surface area contributed by atoms with Crippen molar-refractivity contribution >= 4 is 75.1 Å². The number of terminal acetylenes is 1. The van der Waals surface area contributed by atoms with E-state index >= 15 is 0 Å². The van der Waals surface area contributed by atoms with Crippen molar-refractivity contribution in [1.82, 2.24) is 0 Å². The first-order chi connectivity index (χ1) is 15.9. The molecule has 1 amide bonds. The van der Waals surface area contributed by atoms with Crippen molar-refractivity contribution < 1.29 is 9.53 Å². The minimum absolute atomic E-state index is 0.0963. The van der Waals surface area contributed by atoms with Gasteiger partial charge in [-0.1, -0.05) is 40.7 Å². The molecule has 0 saturated carbocycles.